The number of carbonyl (C=O) groups is 2. The Bertz CT molecular complexity index is 1630. The molecule has 2 fully saturated rings. The second-order valence-electron chi connectivity index (χ2n) is 9.75. The van der Waals surface area contributed by atoms with Crippen molar-refractivity contribution in [3.8, 4) is 0 Å². The Balaban J connectivity index is 1.24. The molecular formula is C29H29N7O7. The first kappa shape index (κ1) is 28.4. The quantitative estimate of drug-likeness (QED) is 0.249. The first-order valence-corrected chi connectivity index (χ1v) is 13.7. The van der Waals surface area contributed by atoms with Crippen molar-refractivity contribution in [2.45, 2.75) is 44.4 Å². The van der Waals surface area contributed by atoms with E-state index >= 15 is 0 Å². The van der Waals surface area contributed by atoms with Crippen LogP contribution in [0.15, 0.2) is 67.4 Å². The maximum Gasteiger partial charge on any atom is 0.337 e. The number of carboxylic acid groups (broad SMARTS) is 1. The fourth-order valence-corrected chi connectivity index (χ4v) is 5.02. The third-order valence-electron chi connectivity index (χ3n) is 6.96. The zero-order chi connectivity index (χ0) is 29.8. The van der Waals surface area contributed by atoms with Crippen molar-refractivity contribution in [3.63, 3.8) is 0 Å². The first-order valence-electron chi connectivity index (χ1n) is 13.7. The highest BCUT2D eigenvalue weighted by Gasteiger charge is 2.53. The highest BCUT2D eigenvalue weighted by Crippen LogP contribution is 2.41. The van der Waals surface area contributed by atoms with Crippen molar-refractivity contribution >= 4 is 35.1 Å². The summed E-state index contributed by atoms with van der Waals surface area (Å²) in [5, 5.41) is 14.8. The van der Waals surface area contributed by atoms with Crippen molar-refractivity contribution in [1.82, 2.24) is 29.8 Å². The van der Waals surface area contributed by atoms with Crippen LogP contribution in [0.25, 0.3) is 17.2 Å². The number of hydrogen-bond donors (Lipinski definition) is 3. The molecule has 222 valence electrons. The van der Waals surface area contributed by atoms with Crippen LogP contribution in [0.4, 0.5) is 10.6 Å². The van der Waals surface area contributed by atoms with Gasteiger partial charge in [0, 0.05) is 12.7 Å². The van der Waals surface area contributed by atoms with Crippen LogP contribution in [0.1, 0.15) is 34.8 Å². The molecule has 14 heteroatoms. The smallest absolute Gasteiger partial charge is 0.337 e. The molecule has 5 atom stereocenters. The van der Waals surface area contributed by atoms with Crippen molar-refractivity contribution < 1.29 is 33.6 Å². The van der Waals surface area contributed by atoms with E-state index in [-0.39, 0.29) is 24.6 Å². The summed E-state index contributed by atoms with van der Waals surface area (Å²) < 4.78 is 26.6. The molecule has 5 unspecified atom stereocenters. The Morgan fingerprint density at radius 2 is 1.88 bits per heavy atom. The number of rotatable bonds is 10. The van der Waals surface area contributed by atoms with Gasteiger partial charge in [-0.15, -0.1) is 0 Å². The molecule has 43 heavy (non-hydrogen) atoms. The summed E-state index contributed by atoms with van der Waals surface area (Å²) in [6.07, 6.45) is 5.14. The minimum Gasteiger partial charge on any atom is -0.478 e. The van der Waals surface area contributed by atoms with Crippen LogP contribution in [-0.2, 0) is 25.6 Å². The first-order chi connectivity index (χ1) is 21.0. The van der Waals surface area contributed by atoms with Gasteiger partial charge >= 0.3 is 12.0 Å². The lowest BCUT2D eigenvalue weighted by atomic mass is 10.1. The Labute approximate surface area is 245 Å². The number of pyridine rings is 1. The summed E-state index contributed by atoms with van der Waals surface area (Å²) in [6.45, 7) is 2.31. The minimum absolute atomic E-state index is 0.0291. The number of nitrogens with one attached hydrogen (secondary N) is 2. The van der Waals surface area contributed by atoms with E-state index in [4.69, 9.17) is 18.9 Å². The standard InChI is InChI=1S/C29H29N7O7/c1-2-30-29(39)35-25-22-26(33-15-32-25)36(16-34-22)27-24-23(42-21(43-24)11-10-17-7-4-3-5-8-17)20(41-27)14-40-13-19-18(28(37)38)9-6-12-31-19/h3-12,15-16,20-21,23-24,27H,2,13-14H2,1H3,(H,37,38)(H2,30,32,33,35,39). The predicted octanol–water partition coefficient (Wildman–Crippen LogP) is 3.00. The van der Waals surface area contributed by atoms with E-state index in [1.807, 2.05) is 49.4 Å². The molecule has 0 saturated carbocycles. The molecule has 0 bridgehead atoms. The highest BCUT2D eigenvalue weighted by molar-refractivity contribution is 5.95. The molecule has 2 amide bonds. The molecule has 0 spiro atoms. The van der Waals surface area contributed by atoms with Gasteiger partial charge in [-0.05, 0) is 30.7 Å². The molecule has 5 heterocycles. The molecule has 2 aliphatic rings. The molecule has 2 aliphatic heterocycles. The third-order valence-corrected chi connectivity index (χ3v) is 6.96. The second-order valence-corrected chi connectivity index (χ2v) is 9.75. The minimum atomic E-state index is -1.08. The van der Waals surface area contributed by atoms with E-state index in [9.17, 15) is 14.7 Å². The molecular weight excluding hydrogens is 558 g/mol. The molecule has 3 aromatic heterocycles. The molecule has 1 aromatic carbocycles. The summed E-state index contributed by atoms with van der Waals surface area (Å²) in [7, 11) is 0. The topological polar surface area (TPSA) is 172 Å². The van der Waals surface area contributed by atoms with Crippen LogP contribution < -0.4 is 10.6 Å². The number of imidazole rings is 1. The van der Waals surface area contributed by atoms with Gasteiger partial charge in [-0.1, -0.05) is 36.4 Å². The van der Waals surface area contributed by atoms with E-state index in [1.165, 1.54) is 18.6 Å². The average molecular weight is 588 g/mol. The number of urea groups is 1. The van der Waals surface area contributed by atoms with E-state index < -0.39 is 42.8 Å². The Kier molecular flexibility index (Phi) is 8.33. The Hall–Kier alpha value is -4.76. The number of carbonyl (C=O) groups excluding carboxylic acids is 1. The summed E-state index contributed by atoms with van der Waals surface area (Å²) in [5.41, 5.74) is 2.17. The number of ether oxygens (including phenoxy) is 4. The van der Waals surface area contributed by atoms with Crippen molar-refractivity contribution in [3.05, 3.63) is 84.2 Å². The molecule has 4 aromatic rings. The number of fused-ring (bicyclic) bond motifs is 2. The van der Waals surface area contributed by atoms with Gasteiger partial charge in [0.1, 0.15) is 24.6 Å². The van der Waals surface area contributed by atoms with E-state index in [0.717, 1.165) is 5.56 Å². The van der Waals surface area contributed by atoms with Gasteiger partial charge < -0.3 is 29.4 Å². The van der Waals surface area contributed by atoms with Gasteiger partial charge in [0.15, 0.2) is 29.5 Å². The average Bonchev–Trinajstić information content (AvgIpc) is 3.72. The van der Waals surface area contributed by atoms with Crippen LogP contribution in [0, 0.1) is 0 Å². The number of hydrogen-bond acceptors (Lipinski definition) is 10. The predicted molar refractivity (Wildman–Crippen MR) is 152 cm³/mol. The molecule has 2 saturated heterocycles. The van der Waals surface area contributed by atoms with Gasteiger partial charge in [-0.2, -0.15) is 0 Å². The van der Waals surface area contributed by atoms with Gasteiger partial charge in [0.05, 0.1) is 30.8 Å². The van der Waals surface area contributed by atoms with E-state index in [2.05, 4.69) is 30.6 Å². The van der Waals surface area contributed by atoms with Crippen LogP contribution in [0.2, 0.25) is 0 Å². The number of aromatic carboxylic acids is 1. The lowest BCUT2D eigenvalue weighted by molar-refractivity contribution is -0.139. The zero-order valence-corrected chi connectivity index (χ0v) is 23.1. The third kappa shape index (κ3) is 6.08. The fraction of sp³-hybridized carbons (Fsp3) is 0.310. The van der Waals surface area contributed by atoms with Crippen molar-refractivity contribution in [2.24, 2.45) is 0 Å². The highest BCUT2D eigenvalue weighted by atomic mass is 16.8. The fourth-order valence-electron chi connectivity index (χ4n) is 5.02. The van der Waals surface area contributed by atoms with Gasteiger partial charge in [-0.25, -0.2) is 24.5 Å². The summed E-state index contributed by atoms with van der Waals surface area (Å²) in [6, 6.07) is 12.4. The second kappa shape index (κ2) is 12.6. The zero-order valence-electron chi connectivity index (χ0n) is 23.1. The number of nitrogens with zero attached hydrogens (tertiary/aromatic N) is 5. The largest absolute Gasteiger partial charge is 0.478 e. The molecule has 14 nitrogen and oxygen atoms in total. The number of aromatic nitrogens is 5. The molecule has 6 rings (SSSR count). The lowest BCUT2D eigenvalue weighted by Gasteiger charge is -2.20. The maximum absolute atomic E-state index is 12.1. The van der Waals surface area contributed by atoms with Crippen molar-refractivity contribution in [2.75, 3.05) is 18.5 Å². The molecule has 0 aliphatic carbocycles. The maximum atomic E-state index is 12.1. The van der Waals surface area contributed by atoms with E-state index in [1.54, 1.807) is 17.0 Å². The SMILES string of the molecule is CCNC(=O)Nc1ncnc2c1ncn2C1OC(COCc2ncccc2C(=O)O)C2OC(C=Cc3ccccc3)OC21. The number of amides is 2. The van der Waals surface area contributed by atoms with Gasteiger partial charge in [-0.3, -0.25) is 14.9 Å². The van der Waals surface area contributed by atoms with Gasteiger partial charge in [0.2, 0.25) is 0 Å². The van der Waals surface area contributed by atoms with E-state index in [0.29, 0.717) is 23.4 Å². The number of carboxylic acids is 1. The van der Waals surface area contributed by atoms with Crippen molar-refractivity contribution in [1.29, 1.82) is 0 Å². The number of anilines is 1. The Morgan fingerprint density at radius 1 is 1.05 bits per heavy atom. The summed E-state index contributed by atoms with van der Waals surface area (Å²) >= 11 is 0. The summed E-state index contributed by atoms with van der Waals surface area (Å²) in [5.74, 6) is -0.833. The van der Waals surface area contributed by atoms with Gasteiger partial charge in [0.25, 0.3) is 0 Å². The monoisotopic (exact) mass is 587 g/mol. The van der Waals surface area contributed by atoms with Crippen LogP contribution >= 0.6 is 0 Å². The van der Waals surface area contributed by atoms with Crippen LogP contribution in [0.5, 0.6) is 0 Å². The normalized spacial score (nSPS) is 23.0. The van der Waals surface area contributed by atoms with Crippen LogP contribution in [0.3, 0.4) is 0 Å². The lowest BCUT2D eigenvalue weighted by Crippen LogP contribution is -2.32. The molecule has 0 radical (unpaired) electrons. The van der Waals surface area contributed by atoms with Crippen LogP contribution in [-0.4, -0.2) is 79.4 Å². The molecule has 3 N–H and O–H groups in total. The number of benzene rings is 1. The Morgan fingerprint density at radius 3 is 2.70 bits per heavy atom. The summed E-state index contributed by atoms with van der Waals surface area (Å²) in [4.78, 5) is 40.9.